The number of fused-ring (bicyclic) bond motifs is 3. The van der Waals surface area contributed by atoms with Gasteiger partial charge in [-0.25, -0.2) is 4.39 Å². The number of phenolic OH excluding ortho intramolecular Hbond substituents is 1. The molecule has 0 unspecified atom stereocenters. The first-order valence-electron chi connectivity index (χ1n) is 14.4. The third-order valence-electron chi connectivity index (χ3n) is 9.77. The molecule has 7 N–H and O–H groups in total. The van der Waals surface area contributed by atoms with Gasteiger partial charge in [0.25, 0.3) is 5.91 Å². The summed E-state index contributed by atoms with van der Waals surface area (Å²) in [6, 6.07) is 10.2. The Hall–Kier alpha value is -4.06. The molecule has 0 radical (unpaired) electrons. The number of Topliss-reactive ketones (excluding diaryl/α,β-unsaturated/α-hetero) is 2. The minimum Gasteiger partial charge on any atom is -0.508 e. The molecule has 11 heteroatoms. The van der Waals surface area contributed by atoms with Crippen molar-refractivity contribution in [3.8, 4) is 5.75 Å². The highest BCUT2D eigenvalue weighted by Gasteiger charge is 2.63. The number of aliphatic hydroxyl groups excluding tert-OH is 2. The summed E-state index contributed by atoms with van der Waals surface area (Å²) in [5.41, 5.74) is 2.69. The summed E-state index contributed by atoms with van der Waals surface area (Å²) in [7, 11) is 1.40. The number of rotatable bonds is 5. The number of hydrogen-bond acceptors (Lipinski definition) is 9. The van der Waals surface area contributed by atoms with Gasteiger partial charge in [-0.1, -0.05) is 30.3 Å². The maximum absolute atomic E-state index is 16.1. The van der Waals surface area contributed by atoms with Crippen LogP contribution in [0.15, 0.2) is 53.3 Å². The van der Waals surface area contributed by atoms with Crippen molar-refractivity contribution < 1.29 is 39.2 Å². The van der Waals surface area contributed by atoms with Gasteiger partial charge in [0, 0.05) is 29.2 Å². The quantitative estimate of drug-likeness (QED) is 0.285. The normalized spacial score (nSPS) is 28.0. The van der Waals surface area contributed by atoms with Crippen LogP contribution in [0.5, 0.6) is 5.75 Å². The third kappa shape index (κ3) is 4.37. The third-order valence-corrected chi connectivity index (χ3v) is 9.77. The minimum absolute atomic E-state index is 0.0411. The van der Waals surface area contributed by atoms with Crippen molar-refractivity contribution in [2.24, 2.45) is 17.6 Å². The summed E-state index contributed by atoms with van der Waals surface area (Å²) in [5, 5.41) is 47.3. The van der Waals surface area contributed by atoms with Crippen molar-refractivity contribution >= 4 is 23.2 Å². The first kappa shape index (κ1) is 29.0. The lowest BCUT2D eigenvalue weighted by atomic mass is 9.57. The predicted molar refractivity (Wildman–Crippen MR) is 153 cm³/mol. The van der Waals surface area contributed by atoms with Crippen LogP contribution < -0.4 is 11.1 Å². The highest BCUT2D eigenvalue weighted by molar-refractivity contribution is 6.24. The van der Waals surface area contributed by atoms with Crippen LogP contribution in [0.1, 0.15) is 47.4 Å². The molecule has 0 bridgehead atoms. The molecule has 3 aliphatic carbocycles. The monoisotopic (exact) mass is 591 g/mol. The van der Waals surface area contributed by atoms with Gasteiger partial charge in [-0.15, -0.1) is 0 Å². The number of halogens is 1. The van der Waals surface area contributed by atoms with Gasteiger partial charge in [0.05, 0.1) is 11.6 Å². The average molecular weight is 592 g/mol. The molecule has 4 aliphatic rings. The number of nitrogens with one attached hydrogen (secondary N) is 1. The van der Waals surface area contributed by atoms with Crippen LogP contribution in [0.4, 0.5) is 4.39 Å². The molecule has 10 nitrogen and oxygen atoms in total. The highest BCUT2D eigenvalue weighted by Crippen LogP contribution is 2.52. The number of likely N-dealkylation sites (tertiary alicyclic amines) is 1. The summed E-state index contributed by atoms with van der Waals surface area (Å²) < 4.78 is 16.1. The number of carbonyl (C=O) groups is 3. The molecule has 1 saturated carbocycles. The first-order chi connectivity index (χ1) is 20.5. The predicted octanol–water partition coefficient (Wildman–Crippen LogP) is 2.14. The molecule has 2 fully saturated rings. The lowest BCUT2D eigenvalue weighted by molar-refractivity contribution is -0.150. The molecular formula is C32H34FN3O7. The second-order valence-electron chi connectivity index (χ2n) is 12.0. The zero-order valence-electron chi connectivity index (χ0n) is 23.6. The molecule has 6 rings (SSSR count). The van der Waals surface area contributed by atoms with E-state index in [9.17, 15) is 34.8 Å². The lowest BCUT2D eigenvalue weighted by Gasteiger charge is -2.48. The van der Waals surface area contributed by atoms with Crippen molar-refractivity contribution in [3.05, 3.63) is 81.4 Å². The number of nitrogens with two attached hydrogens (primary N) is 1. The smallest absolute Gasteiger partial charge is 0.255 e. The summed E-state index contributed by atoms with van der Waals surface area (Å²) in [6.07, 6.45) is 1.63. The second kappa shape index (κ2) is 10.6. The number of nitrogens with zero attached hydrogens (tertiary/aromatic N) is 1. The average Bonchev–Trinajstić information content (AvgIpc) is 2.98. The van der Waals surface area contributed by atoms with E-state index in [-0.39, 0.29) is 41.6 Å². The number of likely N-dealkylation sites (N-methyl/N-ethyl adjacent to an activating group) is 1. The highest BCUT2D eigenvalue weighted by atomic mass is 19.1. The van der Waals surface area contributed by atoms with E-state index in [1.807, 2.05) is 18.2 Å². The number of benzene rings is 2. The zero-order chi connectivity index (χ0) is 30.8. The number of piperidine rings is 1. The van der Waals surface area contributed by atoms with Gasteiger partial charge >= 0.3 is 0 Å². The largest absolute Gasteiger partial charge is 0.508 e. The van der Waals surface area contributed by atoms with Gasteiger partial charge in [-0.3, -0.25) is 19.3 Å². The molecule has 1 aliphatic heterocycles. The maximum atomic E-state index is 16.1. The number of hydrogen-bond donors (Lipinski definition) is 6. The number of aliphatic hydroxyl groups is 3. The van der Waals surface area contributed by atoms with Gasteiger partial charge in [0.15, 0.2) is 11.4 Å². The van der Waals surface area contributed by atoms with Gasteiger partial charge in [-0.05, 0) is 69.3 Å². The van der Waals surface area contributed by atoms with E-state index in [2.05, 4.69) is 22.3 Å². The molecule has 1 heterocycles. The van der Waals surface area contributed by atoms with Crippen LogP contribution in [0, 0.1) is 17.7 Å². The van der Waals surface area contributed by atoms with E-state index in [4.69, 9.17) is 5.73 Å². The molecule has 0 spiro atoms. The van der Waals surface area contributed by atoms with Gasteiger partial charge in [0.1, 0.15) is 28.7 Å². The fraction of sp³-hybridized carbons (Fsp3) is 0.406. The van der Waals surface area contributed by atoms with E-state index in [0.717, 1.165) is 25.9 Å². The van der Waals surface area contributed by atoms with Gasteiger partial charge in [-0.2, -0.15) is 0 Å². The van der Waals surface area contributed by atoms with Crippen LogP contribution in [-0.2, 0) is 27.3 Å². The summed E-state index contributed by atoms with van der Waals surface area (Å²) in [5.74, 6) is -7.84. The SMILES string of the molecule is CN[C@@H]1C(=O)C(C(N)=O)=C(O)[C@@]2(O)C(=O)C3=C(O)c4c(O)cc(CN5CCC(c6ccccc6)CC5)c(F)c4C[C@H]3C[C@@H]12. The Kier molecular flexibility index (Phi) is 7.15. The van der Waals surface area contributed by atoms with E-state index in [0.29, 0.717) is 5.92 Å². The number of carbonyl (C=O) groups excluding carboxylic acids is 3. The number of phenols is 1. The first-order valence-corrected chi connectivity index (χ1v) is 14.4. The van der Waals surface area contributed by atoms with E-state index < -0.39 is 69.6 Å². The topological polar surface area (TPSA) is 173 Å². The molecule has 43 heavy (non-hydrogen) atoms. The van der Waals surface area contributed by atoms with Crippen LogP contribution in [0.25, 0.3) is 5.76 Å². The molecule has 2 aromatic carbocycles. The molecule has 1 amide bonds. The molecule has 2 aromatic rings. The molecule has 0 aromatic heterocycles. The van der Waals surface area contributed by atoms with Crippen LogP contribution in [0.3, 0.4) is 0 Å². The minimum atomic E-state index is -2.73. The number of primary amides is 1. The molecule has 4 atom stereocenters. The van der Waals surface area contributed by atoms with Crippen molar-refractivity contribution in [2.75, 3.05) is 20.1 Å². The van der Waals surface area contributed by atoms with Crippen LogP contribution in [-0.4, -0.2) is 74.6 Å². The van der Waals surface area contributed by atoms with Crippen molar-refractivity contribution in [1.29, 1.82) is 0 Å². The summed E-state index contributed by atoms with van der Waals surface area (Å²) >= 11 is 0. The Bertz CT molecular complexity index is 1600. The van der Waals surface area contributed by atoms with Crippen molar-refractivity contribution in [3.63, 3.8) is 0 Å². The van der Waals surface area contributed by atoms with Crippen LogP contribution in [0.2, 0.25) is 0 Å². The molecule has 1 saturated heterocycles. The van der Waals surface area contributed by atoms with E-state index >= 15 is 4.39 Å². The fourth-order valence-electron chi connectivity index (χ4n) is 7.62. The van der Waals surface area contributed by atoms with Crippen molar-refractivity contribution in [2.45, 2.75) is 49.8 Å². The Morgan fingerprint density at radius 1 is 1.12 bits per heavy atom. The fourth-order valence-corrected chi connectivity index (χ4v) is 7.62. The summed E-state index contributed by atoms with van der Waals surface area (Å²) in [4.78, 5) is 40.9. The Balaban J connectivity index is 1.33. The van der Waals surface area contributed by atoms with Gasteiger partial charge < -0.3 is 31.5 Å². The number of amides is 1. The number of aromatic hydroxyl groups is 1. The second-order valence-corrected chi connectivity index (χ2v) is 12.0. The zero-order valence-corrected chi connectivity index (χ0v) is 23.6. The van der Waals surface area contributed by atoms with E-state index in [1.165, 1.54) is 18.7 Å². The standard InChI is InChI=1S/C32H34FN3O7/c1-35-26-20-12-17-11-19-23(27(38)22(17)29(40)32(20,43)30(41)24(28(26)39)31(34)42)21(37)13-18(25(19)33)14-36-9-7-16(8-10-36)15-5-3-2-4-6-15/h2-6,13,16-17,20,26,35,37-38,41,43H,7-12,14H2,1H3,(H2,34,42)/t17-,20-,26-,32-/m0/s1. The molecule has 226 valence electrons. The Morgan fingerprint density at radius 2 is 1.79 bits per heavy atom. The van der Waals surface area contributed by atoms with E-state index in [1.54, 1.807) is 0 Å². The molecular weight excluding hydrogens is 557 g/mol. The Labute approximate surface area is 247 Å². The maximum Gasteiger partial charge on any atom is 0.255 e. The van der Waals surface area contributed by atoms with Crippen molar-refractivity contribution in [1.82, 2.24) is 10.2 Å². The number of ketones is 2. The Morgan fingerprint density at radius 3 is 2.42 bits per heavy atom. The lowest BCUT2D eigenvalue weighted by Crippen LogP contribution is -2.65. The summed E-state index contributed by atoms with van der Waals surface area (Å²) in [6.45, 7) is 1.74. The van der Waals surface area contributed by atoms with Crippen LogP contribution >= 0.6 is 0 Å². The van der Waals surface area contributed by atoms with Gasteiger partial charge in [0.2, 0.25) is 5.78 Å².